The van der Waals surface area contributed by atoms with Crippen molar-refractivity contribution in [3.8, 4) is 5.75 Å². The minimum atomic E-state index is -0.523. The number of phenolic OH excluding ortho intramolecular Hbond substituents is 1. The number of carbonyl (C=O) groups is 1. The van der Waals surface area contributed by atoms with Gasteiger partial charge in [-0.15, -0.1) is 0 Å². The predicted octanol–water partition coefficient (Wildman–Crippen LogP) is 2.05. The zero-order valence-corrected chi connectivity index (χ0v) is 11.7. The van der Waals surface area contributed by atoms with Crippen LogP contribution in [0.5, 0.6) is 5.75 Å². The second-order valence-corrected chi connectivity index (χ2v) is 4.78. The second-order valence-electron chi connectivity index (χ2n) is 4.78. The smallest absolute Gasteiger partial charge is 0.338 e. The lowest BCUT2D eigenvalue weighted by molar-refractivity contribution is -0.136. The van der Waals surface area contributed by atoms with Gasteiger partial charge in [-0.25, -0.2) is 9.48 Å². The van der Waals surface area contributed by atoms with E-state index in [0.717, 1.165) is 5.82 Å². The van der Waals surface area contributed by atoms with E-state index < -0.39 is 12.0 Å². The number of esters is 1. The highest BCUT2D eigenvalue weighted by molar-refractivity contribution is 5.92. The van der Waals surface area contributed by atoms with E-state index in [0.29, 0.717) is 16.8 Å². The van der Waals surface area contributed by atoms with Crippen LogP contribution in [0.15, 0.2) is 47.8 Å². The summed E-state index contributed by atoms with van der Waals surface area (Å²) in [4.78, 5) is 12.2. The molecule has 1 aromatic heterocycles. The molecule has 2 heterocycles. The molecule has 1 unspecified atom stereocenters. The van der Waals surface area contributed by atoms with Gasteiger partial charge in [0.15, 0.2) is 0 Å². The first-order valence-electron chi connectivity index (χ1n) is 6.51. The number of allylic oxidation sites excluding steroid dienone is 1. The number of hydrogen-bond donors (Lipinski definition) is 2. The number of hydrogen-bond acceptors (Lipinski definition) is 5. The van der Waals surface area contributed by atoms with Crippen molar-refractivity contribution >= 4 is 11.8 Å². The predicted molar refractivity (Wildman–Crippen MR) is 76.8 cm³/mol. The Labute approximate surface area is 121 Å². The topological polar surface area (TPSA) is 76.4 Å². The molecule has 6 heteroatoms. The van der Waals surface area contributed by atoms with Gasteiger partial charge in [0.2, 0.25) is 0 Å². The molecule has 1 aliphatic heterocycles. The number of aromatic hydroxyl groups is 1. The SMILES string of the molecule is COC(=O)C1=C(C)Nc2ccnn2C1c1ccccc1O. The maximum absolute atomic E-state index is 12.2. The Morgan fingerprint density at radius 1 is 1.38 bits per heavy atom. The summed E-state index contributed by atoms with van der Waals surface area (Å²) in [6.45, 7) is 1.80. The fourth-order valence-corrected chi connectivity index (χ4v) is 2.59. The first kappa shape index (κ1) is 13.2. The number of rotatable bonds is 2. The third-order valence-electron chi connectivity index (χ3n) is 3.54. The summed E-state index contributed by atoms with van der Waals surface area (Å²) < 4.78 is 6.54. The molecule has 1 aliphatic rings. The Balaban J connectivity index is 2.23. The molecule has 0 bridgehead atoms. The van der Waals surface area contributed by atoms with Crippen LogP contribution in [0.1, 0.15) is 18.5 Å². The van der Waals surface area contributed by atoms with Crippen molar-refractivity contribution < 1.29 is 14.6 Å². The molecule has 0 fully saturated rings. The van der Waals surface area contributed by atoms with Crippen molar-refractivity contribution in [2.24, 2.45) is 0 Å². The molecule has 6 nitrogen and oxygen atoms in total. The maximum atomic E-state index is 12.2. The van der Waals surface area contributed by atoms with E-state index in [-0.39, 0.29) is 5.75 Å². The molecule has 21 heavy (non-hydrogen) atoms. The summed E-state index contributed by atoms with van der Waals surface area (Å²) in [5, 5.41) is 17.5. The van der Waals surface area contributed by atoms with Gasteiger partial charge >= 0.3 is 5.97 Å². The van der Waals surface area contributed by atoms with Gasteiger partial charge in [-0.1, -0.05) is 18.2 Å². The fraction of sp³-hybridized carbons (Fsp3) is 0.200. The van der Waals surface area contributed by atoms with Crippen LogP contribution in [0.25, 0.3) is 0 Å². The molecular formula is C15H15N3O3. The van der Waals surface area contributed by atoms with Gasteiger partial charge in [-0.3, -0.25) is 0 Å². The van der Waals surface area contributed by atoms with Crippen LogP contribution in [-0.2, 0) is 9.53 Å². The van der Waals surface area contributed by atoms with Crippen LogP contribution >= 0.6 is 0 Å². The quantitative estimate of drug-likeness (QED) is 0.826. The molecule has 0 saturated carbocycles. The number of para-hydroxylation sites is 1. The third-order valence-corrected chi connectivity index (χ3v) is 3.54. The van der Waals surface area contributed by atoms with Gasteiger partial charge in [0, 0.05) is 17.3 Å². The van der Waals surface area contributed by atoms with E-state index in [2.05, 4.69) is 10.4 Å². The highest BCUT2D eigenvalue weighted by Gasteiger charge is 2.34. The van der Waals surface area contributed by atoms with Gasteiger partial charge in [-0.2, -0.15) is 5.10 Å². The first-order chi connectivity index (χ1) is 10.1. The number of methoxy groups -OCH3 is 1. The monoisotopic (exact) mass is 285 g/mol. The molecule has 0 radical (unpaired) electrons. The van der Waals surface area contributed by atoms with Gasteiger partial charge < -0.3 is 15.2 Å². The number of nitrogens with one attached hydrogen (secondary N) is 1. The number of ether oxygens (including phenoxy) is 1. The van der Waals surface area contributed by atoms with Crippen LogP contribution < -0.4 is 5.32 Å². The number of fused-ring (bicyclic) bond motifs is 1. The molecule has 2 N–H and O–H groups in total. The Morgan fingerprint density at radius 2 is 2.14 bits per heavy atom. The highest BCUT2D eigenvalue weighted by atomic mass is 16.5. The largest absolute Gasteiger partial charge is 0.508 e. The number of anilines is 1. The van der Waals surface area contributed by atoms with Crippen molar-refractivity contribution in [1.82, 2.24) is 9.78 Å². The third kappa shape index (κ3) is 2.05. The summed E-state index contributed by atoms with van der Waals surface area (Å²) in [6.07, 6.45) is 1.64. The maximum Gasteiger partial charge on any atom is 0.338 e. The lowest BCUT2D eigenvalue weighted by Gasteiger charge is -2.29. The molecule has 3 rings (SSSR count). The Bertz CT molecular complexity index is 733. The molecule has 0 spiro atoms. The molecule has 1 atom stereocenters. The van der Waals surface area contributed by atoms with Gasteiger partial charge in [0.1, 0.15) is 17.6 Å². The van der Waals surface area contributed by atoms with Crippen LogP contribution in [-0.4, -0.2) is 28.0 Å². The standard InChI is InChI=1S/C15H15N3O3/c1-9-13(15(20)21-2)14(10-5-3-4-6-11(10)19)18-12(17-9)7-8-16-18/h3-8,14,17,19H,1-2H3. The Kier molecular flexibility index (Phi) is 3.13. The van der Waals surface area contributed by atoms with Crippen molar-refractivity contribution in [3.05, 3.63) is 53.4 Å². The van der Waals surface area contributed by atoms with Crippen molar-refractivity contribution in [2.75, 3.05) is 12.4 Å². The lowest BCUT2D eigenvalue weighted by atomic mass is 9.95. The minimum absolute atomic E-state index is 0.111. The van der Waals surface area contributed by atoms with Crippen molar-refractivity contribution in [2.45, 2.75) is 13.0 Å². The van der Waals surface area contributed by atoms with Crippen molar-refractivity contribution in [1.29, 1.82) is 0 Å². The average molecular weight is 285 g/mol. The van der Waals surface area contributed by atoms with Crippen LogP contribution in [0.3, 0.4) is 0 Å². The van der Waals surface area contributed by atoms with E-state index in [1.54, 1.807) is 36.0 Å². The Hall–Kier alpha value is -2.76. The number of nitrogens with zero attached hydrogens (tertiary/aromatic N) is 2. The molecular weight excluding hydrogens is 270 g/mol. The molecule has 0 aliphatic carbocycles. The molecule has 1 aromatic carbocycles. The summed E-state index contributed by atoms with van der Waals surface area (Å²) in [5.41, 5.74) is 1.71. The fourth-order valence-electron chi connectivity index (χ4n) is 2.59. The number of aromatic nitrogens is 2. The van der Waals surface area contributed by atoms with E-state index >= 15 is 0 Å². The number of carbonyl (C=O) groups excluding carboxylic acids is 1. The molecule has 0 saturated heterocycles. The highest BCUT2D eigenvalue weighted by Crippen LogP contribution is 2.39. The number of phenols is 1. The van der Waals surface area contributed by atoms with Crippen LogP contribution in [0, 0.1) is 0 Å². The van der Waals surface area contributed by atoms with E-state index in [4.69, 9.17) is 4.74 Å². The van der Waals surface area contributed by atoms with Crippen molar-refractivity contribution in [3.63, 3.8) is 0 Å². The van der Waals surface area contributed by atoms with E-state index in [1.807, 2.05) is 12.1 Å². The molecule has 0 amide bonds. The lowest BCUT2D eigenvalue weighted by Crippen LogP contribution is -2.29. The van der Waals surface area contributed by atoms with Gasteiger partial charge in [0.25, 0.3) is 0 Å². The summed E-state index contributed by atoms with van der Waals surface area (Å²) in [7, 11) is 1.34. The summed E-state index contributed by atoms with van der Waals surface area (Å²) in [6, 6.07) is 8.19. The van der Waals surface area contributed by atoms with Crippen LogP contribution in [0.4, 0.5) is 5.82 Å². The number of benzene rings is 1. The van der Waals surface area contributed by atoms with E-state index in [1.165, 1.54) is 7.11 Å². The summed E-state index contributed by atoms with van der Waals surface area (Å²) >= 11 is 0. The normalized spacial score (nSPS) is 17.1. The molecule has 2 aromatic rings. The zero-order chi connectivity index (χ0) is 15.0. The van der Waals surface area contributed by atoms with Gasteiger partial charge in [0.05, 0.1) is 18.9 Å². The molecule has 108 valence electrons. The second kappa shape index (κ2) is 4.97. The first-order valence-corrected chi connectivity index (χ1v) is 6.51. The Morgan fingerprint density at radius 3 is 2.86 bits per heavy atom. The average Bonchev–Trinajstić information content (AvgIpc) is 2.93. The summed E-state index contributed by atoms with van der Waals surface area (Å²) in [5.74, 6) is 0.419. The van der Waals surface area contributed by atoms with Gasteiger partial charge in [-0.05, 0) is 13.0 Å². The zero-order valence-electron chi connectivity index (χ0n) is 11.7. The van der Waals surface area contributed by atoms with Crippen LogP contribution in [0.2, 0.25) is 0 Å². The van der Waals surface area contributed by atoms with E-state index in [9.17, 15) is 9.90 Å². The minimum Gasteiger partial charge on any atom is -0.508 e.